The second-order valence-electron chi connectivity index (χ2n) is 4.13. The Kier molecular flexibility index (Phi) is 4.56. The van der Waals surface area contributed by atoms with Crippen molar-refractivity contribution in [1.29, 1.82) is 0 Å². The third kappa shape index (κ3) is 3.65. The molecule has 1 aromatic heterocycles. The maximum Gasteiger partial charge on any atom is 0.253 e. The summed E-state index contributed by atoms with van der Waals surface area (Å²) >= 11 is 11.5. The predicted molar refractivity (Wildman–Crippen MR) is 66.1 cm³/mol. The van der Waals surface area contributed by atoms with Crippen molar-refractivity contribution in [1.82, 2.24) is 10.3 Å². The van der Waals surface area contributed by atoms with Crippen LogP contribution in [0.2, 0.25) is 5.02 Å². The molecule has 1 amide bonds. The molecule has 0 bridgehead atoms. The van der Waals surface area contributed by atoms with E-state index in [1.165, 1.54) is 12.4 Å². The molecule has 1 heterocycles. The van der Waals surface area contributed by atoms with E-state index in [1.54, 1.807) is 6.07 Å². The average molecular weight is 261 g/mol. The number of nitrogens with one attached hydrogen (secondary N) is 1. The highest BCUT2D eigenvalue weighted by Crippen LogP contribution is 2.16. The molecule has 16 heavy (non-hydrogen) atoms. The molecule has 0 aromatic carbocycles. The van der Waals surface area contributed by atoms with Crippen LogP contribution in [0, 0.1) is 0 Å². The Hall–Kier alpha value is -0.800. The summed E-state index contributed by atoms with van der Waals surface area (Å²) in [5.41, 5.74) is 0.0881. The standard InChI is InChI=1S/C11H14Cl2N2O/c1-11(2,4-5-12)15-10(16)8-3-6-14-7-9(8)13/h3,6-7H,4-5H2,1-2H3,(H,15,16). The fourth-order valence-electron chi connectivity index (χ4n) is 1.23. The molecule has 0 spiro atoms. The highest BCUT2D eigenvalue weighted by atomic mass is 35.5. The van der Waals surface area contributed by atoms with Crippen molar-refractivity contribution in [3.8, 4) is 0 Å². The van der Waals surface area contributed by atoms with Crippen LogP contribution in [0.4, 0.5) is 0 Å². The van der Waals surface area contributed by atoms with Crippen LogP contribution in [-0.2, 0) is 0 Å². The quantitative estimate of drug-likeness (QED) is 0.847. The minimum absolute atomic E-state index is 0.206. The van der Waals surface area contributed by atoms with E-state index >= 15 is 0 Å². The first-order valence-electron chi connectivity index (χ1n) is 4.94. The van der Waals surface area contributed by atoms with Crippen LogP contribution in [0.15, 0.2) is 18.5 Å². The summed E-state index contributed by atoms with van der Waals surface area (Å²) in [5.74, 6) is 0.291. The van der Waals surface area contributed by atoms with Crippen LogP contribution in [0.25, 0.3) is 0 Å². The second kappa shape index (κ2) is 5.51. The smallest absolute Gasteiger partial charge is 0.253 e. The first-order chi connectivity index (χ1) is 7.46. The van der Waals surface area contributed by atoms with E-state index in [4.69, 9.17) is 23.2 Å². The van der Waals surface area contributed by atoms with Crippen molar-refractivity contribution in [2.45, 2.75) is 25.8 Å². The Labute approximate surface area is 105 Å². The van der Waals surface area contributed by atoms with Crippen LogP contribution in [0.3, 0.4) is 0 Å². The zero-order valence-electron chi connectivity index (χ0n) is 9.26. The van der Waals surface area contributed by atoms with Crippen LogP contribution >= 0.6 is 23.2 Å². The number of amides is 1. The molecular formula is C11H14Cl2N2O. The monoisotopic (exact) mass is 260 g/mol. The minimum atomic E-state index is -0.342. The van der Waals surface area contributed by atoms with E-state index in [1.807, 2.05) is 13.8 Å². The molecule has 3 nitrogen and oxygen atoms in total. The van der Waals surface area contributed by atoms with E-state index in [0.29, 0.717) is 22.9 Å². The summed E-state index contributed by atoms with van der Waals surface area (Å²) in [5, 5.41) is 3.23. The molecular weight excluding hydrogens is 247 g/mol. The van der Waals surface area contributed by atoms with Crippen molar-refractivity contribution in [2.24, 2.45) is 0 Å². The van der Waals surface area contributed by atoms with Gasteiger partial charge in [0, 0.05) is 23.8 Å². The second-order valence-corrected chi connectivity index (χ2v) is 4.92. The zero-order chi connectivity index (χ0) is 12.2. The Balaban J connectivity index is 2.77. The summed E-state index contributed by atoms with van der Waals surface area (Å²) in [4.78, 5) is 15.7. The van der Waals surface area contributed by atoms with Crippen LogP contribution < -0.4 is 5.32 Å². The summed E-state index contributed by atoms with van der Waals surface area (Å²) in [6.07, 6.45) is 3.68. The molecule has 0 aliphatic carbocycles. The lowest BCUT2D eigenvalue weighted by Crippen LogP contribution is -2.43. The number of rotatable bonds is 4. The van der Waals surface area contributed by atoms with Gasteiger partial charge in [-0.25, -0.2) is 0 Å². The van der Waals surface area contributed by atoms with Gasteiger partial charge in [-0.2, -0.15) is 0 Å². The summed E-state index contributed by atoms with van der Waals surface area (Å²) < 4.78 is 0. The number of carbonyl (C=O) groups excluding carboxylic acids is 1. The van der Waals surface area contributed by atoms with Crippen molar-refractivity contribution < 1.29 is 4.79 Å². The number of hydrogen-bond acceptors (Lipinski definition) is 2. The number of alkyl halides is 1. The first kappa shape index (κ1) is 13.3. The Bertz CT molecular complexity index is 380. The molecule has 1 aromatic rings. The third-order valence-corrected chi connectivity index (χ3v) is 2.68. The SMILES string of the molecule is CC(C)(CCCl)NC(=O)c1ccncc1Cl. The van der Waals surface area contributed by atoms with Crippen LogP contribution in [0.5, 0.6) is 0 Å². The van der Waals surface area contributed by atoms with E-state index in [2.05, 4.69) is 10.3 Å². The highest BCUT2D eigenvalue weighted by molar-refractivity contribution is 6.33. The average Bonchev–Trinajstić information content (AvgIpc) is 2.17. The Morgan fingerprint density at radius 1 is 1.56 bits per heavy atom. The Morgan fingerprint density at radius 3 is 2.81 bits per heavy atom. The van der Waals surface area contributed by atoms with Gasteiger partial charge in [0.15, 0.2) is 0 Å². The maximum absolute atomic E-state index is 11.9. The van der Waals surface area contributed by atoms with Gasteiger partial charge in [-0.05, 0) is 26.3 Å². The van der Waals surface area contributed by atoms with Gasteiger partial charge in [0.05, 0.1) is 10.6 Å². The number of aromatic nitrogens is 1. The van der Waals surface area contributed by atoms with Crippen molar-refractivity contribution >= 4 is 29.1 Å². The molecule has 1 rings (SSSR count). The van der Waals surface area contributed by atoms with Gasteiger partial charge in [0.2, 0.25) is 0 Å². The van der Waals surface area contributed by atoms with Crippen LogP contribution in [-0.4, -0.2) is 22.3 Å². The zero-order valence-corrected chi connectivity index (χ0v) is 10.8. The summed E-state index contributed by atoms with van der Waals surface area (Å²) in [6, 6.07) is 1.59. The van der Waals surface area contributed by atoms with Gasteiger partial charge >= 0.3 is 0 Å². The number of pyridine rings is 1. The number of carbonyl (C=O) groups is 1. The van der Waals surface area contributed by atoms with E-state index in [9.17, 15) is 4.79 Å². The number of halogens is 2. The van der Waals surface area contributed by atoms with Gasteiger partial charge < -0.3 is 5.32 Å². The first-order valence-corrected chi connectivity index (χ1v) is 5.85. The molecule has 88 valence electrons. The van der Waals surface area contributed by atoms with Gasteiger partial charge in [-0.3, -0.25) is 9.78 Å². The fraction of sp³-hybridized carbons (Fsp3) is 0.455. The van der Waals surface area contributed by atoms with Crippen molar-refractivity contribution in [3.63, 3.8) is 0 Å². The molecule has 0 atom stereocenters. The van der Waals surface area contributed by atoms with Gasteiger partial charge in [-0.1, -0.05) is 11.6 Å². The number of hydrogen-bond donors (Lipinski definition) is 1. The van der Waals surface area contributed by atoms with Crippen LogP contribution in [0.1, 0.15) is 30.6 Å². The molecule has 0 saturated carbocycles. The molecule has 0 fully saturated rings. The highest BCUT2D eigenvalue weighted by Gasteiger charge is 2.21. The molecule has 5 heteroatoms. The van der Waals surface area contributed by atoms with Gasteiger partial charge in [-0.15, -0.1) is 11.6 Å². The van der Waals surface area contributed by atoms with Crippen molar-refractivity contribution in [2.75, 3.05) is 5.88 Å². The molecule has 0 radical (unpaired) electrons. The predicted octanol–water partition coefficient (Wildman–Crippen LogP) is 2.87. The Morgan fingerprint density at radius 2 is 2.25 bits per heavy atom. The lowest BCUT2D eigenvalue weighted by Gasteiger charge is -2.25. The molecule has 0 saturated heterocycles. The summed E-state index contributed by atoms with van der Waals surface area (Å²) in [7, 11) is 0. The normalized spacial score (nSPS) is 11.2. The topological polar surface area (TPSA) is 42.0 Å². The third-order valence-electron chi connectivity index (χ3n) is 2.19. The minimum Gasteiger partial charge on any atom is -0.347 e. The van der Waals surface area contributed by atoms with Gasteiger partial charge in [0.1, 0.15) is 0 Å². The van der Waals surface area contributed by atoms with E-state index in [-0.39, 0.29) is 11.4 Å². The molecule has 1 N–H and O–H groups in total. The van der Waals surface area contributed by atoms with Gasteiger partial charge in [0.25, 0.3) is 5.91 Å². The molecule has 0 aliphatic rings. The maximum atomic E-state index is 11.9. The molecule has 0 aliphatic heterocycles. The molecule has 0 unspecified atom stereocenters. The van der Waals surface area contributed by atoms with E-state index < -0.39 is 0 Å². The van der Waals surface area contributed by atoms with Crippen molar-refractivity contribution in [3.05, 3.63) is 29.0 Å². The summed E-state index contributed by atoms with van der Waals surface area (Å²) in [6.45, 7) is 3.84. The lowest BCUT2D eigenvalue weighted by molar-refractivity contribution is 0.0911. The van der Waals surface area contributed by atoms with E-state index in [0.717, 1.165) is 0 Å². The fourth-order valence-corrected chi connectivity index (χ4v) is 1.91. The number of nitrogens with zero attached hydrogens (tertiary/aromatic N) is 1. The lowest BCUT2D eigenvalue weighted by atomic mass is 10.0. The largest absolute Gasteiger partial charge is 0.347 e.